The molecule has 7 heteroatoms. The van der Waals surface area contributed by atoms with E-state index in [1.807, 2.05) is 31.2 Å². The van der Waals surface area contributed by atoms with Crippen molar-refractivity contribution in [2.24, 2.45) is 0 Å². The van der Waals surface area contributed by atoms with E-state index in [-0.39, 0.29) is 17.4 Å². The molecule has 140 valence electrons. The molecule has 2 aromatic rings. The van der Waals surface area contributed by atoms with E-state index < -0.39 is 10.0 Å². The van der Waals surface area contributed by atoms with E-state index in [0.717, 1.165) is 9.87 Å². The maximum atomic E-state index is 12.1. The predicted octanol–water partition coefficient (Wildman–Crippen LogP) is 2.25. The van der Waals surface area contributed by atoms with Crippen LogP contribution in [-0.2, 0) is 21.4 Å². The van der Waals surface area contributed by atoms with Gasteiger partial charge in [-0.3, -0.25) is 4.79 Å². The van der Waals surface area contributed by atoms with Gasteiger partial charge >= 0.3 is 0 Å². The van der Waals surface area contributed by atoms with Gasteiger partial charge in [-0.2, -0.15) is 0 Å². The summed E-state index contributed by atoms with van der Waals surface area (Å²) in [5.74, 6) is 0.239. The number of hydrogen-bond donors (Lipinski definition) is 1. The summed E-state index contributed by atoms with van der Waals surface area (Å²) in [6, 6.07) is 12.5. The van der Waals surface area contributed by atoms with E-state index in [4.69, 9.17) is 4.74 Å². The van der Waals surface area contributed by atoms with Crippen molar-refractivity contribution in [1.29, 1.82) is 0 Å². The fraction of sp³-hybridized carbons (Fsp3) is 0.316. The van der Waals surface area contributed by atoms with Crippen molar-refractivity contribution in [1.82, 2.24) is 9.62 Å². The Morgan fingerprint density at radius 3 is 2.31 bits per heavy atom. The van der Waals surface area contributed by atoms with Crippen molar-refractivity contribution in [3.63, 3.8) is 0 Å². The van der Waals surface area contributed by atoms with Gasteiger partial charge in [0.1, 0.15) is 5.75 Å². The minimum Gasteiger partial charge on any atom is -0.484 e. The highest BCUT2D eigenvalue weighted by atomic mass is 32.2. The molecular formula is C19H24N2O4S. The van der Waals surface area contributed by atoms with Crippen molar-refractivity contribution >= 4 is 15.9 Å². The minimum absolute atomic E-state index is 0.132. The number of aryl methyl sites for hydroxylation is 2. The fourth-order valence-corrected chi connectivity index (χ4v) is 3.24. The Morgan fingerprint density at radius 1 is 1.08 bits per heavy atom. The van der Waals surface area contributed by atoms with Gasteiger partial charge in [0.05, 0.1) is 4.90 Å². The zero-order valence-corrected chi connectivity index (χ0v) is 16.3. The molecule has 0 saturated heterocycles. The van der Waals surface area contributed by atoms with Gasteiger partial charge < -0.3 is 10.1 Å². The molecule has 0 fully saturated rings. The number of carbonyl (C=O) groups is 1. The van der Waals surface area contributed by atoms with E-state index in [2.05, 4.69) is 5.32 Å². The van der Waals surface area contributed by atoms with Gasteiger partial charge in [-0.15, -0.1) is 0 Å². The molecule has 0 aliphatic heterocycles. The van der Waals surface area contributed by atoms with Crippen LogP contribution in [0.5, 0.6) is 5.75 Å². The first-order valence-corrected chi connectivity index (χ1v) is 9.62. The summed E-state index contributed by atoms with van der Waals surface area (Å²) in [5.41, 5.74) is 2.83. The lowest BCUT2D eigenvalue weighted by molar-refractivity contribution is -0.123. The van der Waals surface area contributed by atoms with Gasteiger partial charge in [0, 0.05) is 20.6 Å². The van der Waals surface area contributed by atoms with Gasteiger partial charge in [0.25, 0.3) is 5.91 Å². The molecule has 1 amide bonds. The Morgan fingerprint density at radius 2 is 1.73 bits per heavy atom. The summed E-state index contributed by atoms with van der Waals surface area (Å²) in [7, 11) is -0.532. The van der Waals surface area contributed by atoms with Crippen LogP contribution in [0.1, 0.15) is 16.7 Å². The van der Waals surface area contributed by atoms with Gasteiger partial charge in [0.2, 0.25) is 10.0 Å². The number of nitrogens with one attached hydrogen (secondary N) is 1. The Balaban J connectivity index is 1.92. The standard InChI is InChI=1S/C19H24N2O4S/c1-14-5-7-16(8-6-14)12-20-19(22)13-25-18-10-9-17(11-15(18)2)26(23,24)21(3)4/h5-11H,12-13H2,1-4H3,(H,20,22). The van der Waals surface area contributed by atoms with E-state index in [9.17, 15) is 13.2 Å². The predicted molar refractivity (Wildman–Crippen MR) is 101 cm³/mol. The molecule has 0 heterocycles. The third-order valence-corrected chi connectivity index (χ3v) is 5.71. The Kier molecular flexibility index (Phi) is 6.39. The molecule has 2 aromatic carbocycles. The van der Waals surface area contributed by atoms with Crippen LogP contribution < -0.4 is 10.1 Å². The fourth-order valence-electron chi connectivity index (χ4n) is 2.26. The number of carbonyl (C=O) groups excluding carboxylic acids is 1. The first-order valence-electron chi connectivity index (χ1n) is 8.18. The second-order valence-electron chi connectivity index (χ2n) is 6.27. The van der Waals surface area contributed by atoms with Crippen LogP contribution in [0.4, 0.5) is 0 Å². The van der Waals surface area contributed by atoms with Crippen molar-refractivity contribution in [3.8, 4) is 5.75 Å². The SMILES string of the molecule is Cc1ccc(CNC(=O)COc2ccc(S(=O)(=O)N(C)C)cc2C)cc1. The van der Waals surface area contributed by atoms with E-state index in [1.54, 1.807) is 13.0 Å². The van der Waals surface area contributed by atoms with Gasteiger partial charge in [-0.05, 0) is 43.2 Å². The van der Waals surface area contributed by atoms with Gasteiger partial charge in [-0.25, -0.2) is 12.7 Å². The van der Waals surface area contributed by atoms with Crippen LogP contribution in [0.25, 0.3) is 0 Å². The van der Waals surface area contributed by atoms with Crippen LogP contribution in [0.15, 0.2) is 47.4 Å². The highest BCUT2D eigenvalue weighted by Crippen LogP contribution is 2.23. The third-order valence-electron chi connectivity index (χ3n) is 3.89. The average molecular weight is 376 g/mol. The number of nitrogens with zero attached hydrogens (tertiary/aromatic N) is 1. The molecule has 0 bridgehead atoms. The first-order chi connectivity index (χ1) is 12.2. The van der Waals surface area contributed by atoms with Crippen LogP contribution in [0.2, 0.25) is 0 Å². The third kappa shape index (κ3) is 5.06. The van der Waals surface area contributed by atoms with Crippen molar-refractivity contribution in [2.45, 2.75) is 25.3 Å². The molecule has 0 unspecified atom stereocenters. The quantitative estimate of drug-likeness (QED) is 0.804. The van der Waals surface area contributed by atoms with Crippen molar-refractivity contribution in [2.75, 3.05) is 20.7 Å². The van der Waals surface area contributed by atoms with Crippen LogP contribution in [-0.4, -0.2) is 39.3 Å². The minimum atomic E-state index is -3.49. The summed E-state index contributed by atoms with van der Waals surface area (Å²) < 4.78 is 30.9. The molecule has 0 spiro atoms. The Bertz CT molecular complexity index is 875. The summed E-state index contributed by atoms with van der Waals surface area (Å²) in [6.45, 7) is 4.05. The monoisotopic (exact) mass is 376 g/mol. The van der Waals surface area contributed by atoms with Crippen LogP contribution in [0, 0.1) is 13.8 Å². The van der Waals surface area contributed by atoms with E-state index in [0.29, 0.717) is 17.9 Å². The summed E-state index contributed by atoms with van der Waals surface area (Å²) in [5, 5.41) is 2.79. The smallest absolute Gasteiger partial charge is 0.258 e. The van der Waals surface area contributed by atoms with Gasteiger partial charge in [-0.1, -0.05) is 29.8 Å². The maximum Gasteiger partial charge on any atom is 0.258 e. The van der Waals surface area contributed by atoms with Crippen LogP contribution in [0.3, 0.4) is 0 Å². The molecule has 2 rings (SSSR count). The topological polar surface area (TPSA) is 75.7 Å². The zero-order valence-electron chi connectivity index (χ0n) is 15.4. The van der Waals surface area contributed by atoms with Crippen molar-refractivity contribution in [3.05, 3.63) is 59.2 Å². The maximum absolute atomic E-state index is 12.1. The lowest BCUT2D eigenvalue weighted by Crippen LogP contribution is -2.28. The molecule has 6 nitrogen and oxygen atoms in total. The lowest BCUT2D eigenvalue weighted by atomic mass is 10.1. The Labute approximate surface area is 154 Å². The average Bonchev–Trinajstić information content (AvgIpc) is 2.60. The number of amides is 1. The molecule has 0 saturated carbocycles. The highest BCUT2D eigenvalue weighted by Gasteiger charge is 2.18. The van der Waals surface area contributed by atoms with E-state index in [1.165, 1.54) is 31.8 Å². The summed E-state index contributed by atoms with van der Waals surface area (Å²) in [4.78, 5) is 12.1. The van der Waals surface area contributed by atoms with Crippen LogP contribution >= 0.6 is 0 Å². The zero-order chi connectivity index (χ0) is 19.3. The molecular weight excluding hydrogens is 352 g/mol. The van der Waals surface area contributed by atoms with E-state index >= 15 is 0 Å². The molecule has 26 heavy (non-hydrogen) atoms. The molecule has 1 N–H and O–H groups in total. The molecule has 0 aliphatic carbocycles. The number of benzene rings is 2. The normalized spacial score (nSPS) is 11.4. The lowest BCUT2D eigenvalue weighted by Gasteiger charge is -2.14. The largest absolute Gasteiger partial charge is 0.484 e. The molecule has 0 aromatic heterocycles. The van der Waals surface area contributed by atoms with Gasteiger partial charge in [0.15, 0.2) is 6.61 Å². The summed E-state index contributed by atoms with van der Waals surface area (Å²) in [6.07, 6.45) is 0. The summed E-state index contributed by atoms with van der Waals surface area (Å²) >= 11 is 0. The highest BCUT2D eigenvalue weighted by molar-refractivity contribution is 7.89. The Hall–Kier alpha value is -2.38. The molecule has 0 radical (unpaired) electrons. The number of sulfonamides is 1. The number of rotatable bonds is 7. The molecule has 0 atom stereocenters. The second kappa shape index (κ2) is 8.33. The van der Waals surface area contributed by atoms with Crippen molar-refractivity contribution < 1.29 is 17.9 Å². The number of ether oxygens (including phenoxy) is 1. The first kappa shape index (κ1) is 19.9. The second-order valence-corrected chi connectivity index (χ2v) is 8.42. The molecule has 0 aliphatic rings. The number of hydrogen-bond acceptors (Lipinski definition) is 4.